The Labute approximate surface area is 115 Å². The zero-order valence-corrected chi connectivity index (χ0v) is 12.1. The van der Waals surface area contributed by atoms with E-state index in [9.17, 15) is 4.79 Å². The third-order valence-electron chi connectivity index (χ3n) is 3.31. The molecule has 1 aromatic heterocycles. The average Bonchev–Trinajstić information content (AvgIpc) is 2.39. The minimum atomic E-state index is 0.0198. The summed E-state index contributed by atoms with van der Waals surface area (Å²) in [5.41, 5.74) is 6.78. The summed E-state index contributed by atoms with van der Waals surface area (Å²) in [4.78, 5) is 16.0. The Balaban J connectivity index is 2.37. The fraction of sp³-hybridized carbons (Fsp3) is 0.600. The lowest BCUT2D eigenvalue weighted by Gasteiger charge is -2.18. The topological polar surface area (TPSA) is 68.0 Å². The number of carbonyl (C=O) groups is 1. The average molecular weight is 263 g/mol. The second-order valence-corrected chi connectivity index (χ2v) is 5.32. The number of nitrogens with zero attached hydrogens (tertiary/aromatic N) is 1. The molecule has 0 aliphatic carbocycles. The van der Waals surface area contributed by atoms with Crippen LogP contribution in [0.25, 0.3) is 0 Å². The van der Waals surface area contributed by atoms with E-state index in [2.05, 4.69) is 10.3 Å². The summed E-state index contributed by atoms with van der Waals surface area (Å²) in [5, 5.41) is 3.04. The molecule has 0 fully saturated rings. The van der Waals surface area contributed by atoms with Gasteiger partial charge in [-0.25, -0.2) is 0 Å². The Bertz CT molecular complexity index is 378. The fourth-order valence-corrected chi connectivity index (χ4v) is 1.97. The van der Waals surface area contributed by atoms with Crippen LogP contribution < -0.4 is 11.1 Å². The lowest BCUT2D eigenvalue weighted by molar-refractivity contribution is -0.125. The smallest absolute Gasteiger partial charge is 0.223 e. The van der Waals surface area contributed by atoms with Crippen LogP contribution in [-0.2, 0) is 4.79 Å². The largest absolute Gasteiger partial charge is 0.349 e. The number of amides is 1. The van der Waals surface area contributed by atoms with Crippen LogP contribution in [0.15, 0.2) is 24.5 Å². The highest BCUT2D eigenvalue weighted by Crippen LogP contribution is 2.14. The normalized spacial score (nSPS) is 15.6. The maximum atomic E-state index is 12.0. The Morgan fingerprint density at radius 3 is 2.47 bits per heavy atom. The molecule has 0 aliphatic heterocycles. The second-order valence-electron chi connectivity index (χ2n) is 5.32. The van der Waals surface area contributed by atoms with Crippen LogP contribution in [0.4, 0.5) is 0 Å². The van der Waals surface area contributed by atoms with Gasteiger partial charge in [-0.1, -0.05) is 13.3 Å². The molecule has 4 heteroatoms. The van der Waals surface area contributed by atoms with E-state index in [0.29, 0.717) is 0 Å². The molecule has 1 rings (SSSR count). The van der Waals surface area contributed by atoms with E-state index in [1.807, 2.05) is 32.9 Å². The van der Waals surface area contributed by atoms with Crippen LogP contribution in [0.1, 0.15) is 51.6 Å². The Kier molecular flexibility index (Phi) is 6.50. The summed E-state index contributed by atoms with van der Waals surface area (Å²) in [6.45, 7) is 5.95. The first kappa shape index (κ1) is 15.6. The lowest BCUT2D eigenvalue weighted by atomic mass is 10.0. The zero-order chi connectivity index (χ0) is 14.3. The van der Waals surface area contributed by atoms with Crippen LogP contribution in [0.2, 0.25) is 0 Å². The summed E-state index contributed by atoms with van der Waals surface area (Å²) in [6.07, 6.45) is 6.33. The van der Waals surface area contributed by atoms with E-state index in [0.717, 1.165) is 24.8 Å². The Hall–Kier alpha value is -1.42. The van der Waals surface area contributed by atoms with Crippen LogP contribution >= 0.6 is 0 Å². The second kappa shape index (κ2) is 7.89. The molecule has 4 nitrogen and oxygen atoms in total. The van der Waals surface area contributed by atoms with Gasteiger partial charge in [-0.2, -0.15) is 0 Å². The van der Waals surface area contributed by atoms with Crippen LogP contribution in [0.3, 0.4) is 0 Å². The Morgan fingerprint density at radius 1 is 1.26 bits per heavy atom. The number of hydrogen-bond acceptors (Lipinski definition) is 3. The van der Waals surface area contributed by atoms with Crippen molar-refractivity contribution < 1.29 is 4.79 Å². The van der Waals surface area contributed by atoms with Crippen molar-refractivity contribution >= 4 is 5.91 Å². The molecule has 1 amide bonds. The van der Waals surface area contributed by atoms with E-state index in [-0.39, 0.29) is 23.9 Å². The highest BCUT2D eigenvalue weighted by Gasteiger charge is 2.15. The molecule has 3 atom stereocenters. The van der Waals surface area contributed by atoms with Crippen LogP contribution in [-0.4, -0.2) is 16.9 Å². The molecular formula is C15H25N3O. The molecule has 1 heterocycles. The molecule has 0 saturated carbocycles. The van der Waals surface area contributed by atoms with Gasteiger partial charge < -0.3 is 11.1 Å². The van der Waals surface area contributed by atoms with Gasteiger partial charge in [0.1, 0.15) is 0 Å². The van der Waals surface area contributed by atoms with Gasteiger partial charge in [0.05, 0.1) is 6.04 Å². The predicted octanol–water partition coefficient (Wildman–Crippen LogP) is 2.41. The third kappa shape index (κ3) is 5.83. The van der Waals surface area contributed by atoms with Crippen molar-refractivity contribution in [1.82, 2.24) is 10.3 Å². The van der Waals surface area contributed by atoms with Gasteiger partial charge in [0.15, 0.2) is 0 Å². The van der Waals surface area contributed by atoms with Crippen LogP contribution in [0, 0.1) is 5.92 Å². The number of carbonyl (C=O) groups excluding carboxylic acids is 1. The minimum Gasteiger partial charge on any atom is -0.349 e. The van der Waals surface area contributed by atoms with Crippen molar-refractivity contribution in [3.8, 4) is 0 Å². The van der Waals surface area contributed by atoms with E-state index in [4.69, 9.17) is 5.73 Å². The number of nitrogens with two attached hydrogens (primary N) is 1. The number of nitrogens with one attached hydrogen (secondary N) is 1. The summed E-state index contributed by atoms with van der Waals surface area (Å²) < 4.78 is 0. The fourth-order valence-electron chi connectivity index (χ4n) is 1.97. The molecule has 0 spiro atoms. The summed E-state index contributed by atoms with van der Waals surface area (Å²) >= 11 is 0. The molecule has 19 heavy (non-hydrogen) atoms. The van der Waals surface area contributed by atoms with E-state index in [1.165, 1.54) is 0 Å². The molecule has 0 bridgehead atoms. The standard InChI is InChI=1S/C15H25N3O/c1-11(5-4-6-12(2)16)15(19)18-13(3)14-7-9-17-10-8-14/h7-13H,4-6,16H2,1-3H3,(H,18,19). The molecular weight excluding hydrogens is 238 g/mol. The SMILES string of the molecule is CC(N)CCCC(C)C(=O)NC(C)c1ccncc1. The zero-order valence-electron chi connectivity index (χ0n) is 12.1. The maximum absolute atomic E-state index is 12.0. The van der Waals surface area contributed by atoms with E-state index >= 15 is 0 Å². The van der Waals surface area contributed by atoms with Crippen LogP contribution in [0.5, 0.6) is 0 Å². The molecule has 0 aromatic carbocycles. The predicted molar refractivity (Wildman–Crippen MR) is 77.5 cm³/mol. The summed E-state index contributed by atoms with van der Waals surface area (Å²) in [6, 6.07) is 4.08. The molecule has 0 saturated heterocycles. The lowest BCUT2D eigenvalue weighted by Crippen LogP contribution is -2.31. The minimum absolute atomic E-state index is 0.0198. The number of rotatable bonds is 7. The first-order valence-electron chi connectivity index (χ1n) is 6.96. The highest BCUT2D eigenvalue weighted by atomic mass is 16.1. The molecule has 0 radical (unpaired) electrons. The van der Waals surface area contributed by atoms with Gasteiger partial charge >= 0.3 is 0 Å². The van der Waals surface area contributed by atoms with Crippen molar-refractivity contribution in [1.29, 1.82) is 0 Å². The molecule has 106 valence electrons. The quantitative estimate of drug-likeness (QED) is 0.793. The Morgan fingerprint density at radius 2 is 1.89 bits per heavy atom. The summed E-state index contributed by atoms with van der Waals surface area (Å²) in [5.74, 6) is 0.136. The molecule has 0 aliphatic rings. The monoisotopic (exact) mass is 263 g/mol. The van der Waals surface area contributed by atoms with Crippen molar-refractivity contribution in [3.63, 3.8) is 0 Å². The molecule has 1 aromatic rings. The number of hydrogen-bond donors (Lipinski definition) is 2. The van der Waals surface area contributed by atoms with Gasteiger partial charge in [-0.3, -0.25) is 9.78 Å². The molecule has 3 N–H and O–H groups in total. The van der Waals surface area contributed by atoms with Crippen molar-refractivity contribution in [3.05, 3.63) is 30.1 Å². The highest BCUT2D eigenvalue weighted by molar-refractivity contribution is 5.78. The maximum Gasteiger partial charge on any atom is 0.223 e. The van der Waals surface area contributed by atoms with Gasteiger partial charge in [0, 0.05) is 24.4 Å². The van der Waals surface area contributed by atoms with Crippen molar-refractivity contribution in [2.45, 2.75) is 52.1 Å². The van der Waals surface area contributed by atoms with Crippen molar-refractivity contribution in [2.24, 2.45) is 11.7 Å². The summed E-state index contributed by atoms with van der Waals surface area (Å²) in [7, 11) is 0. The van der Waals surface area contributed by atoms with E-state index in [1.54, 1.807) is 12.4 Å². The van der Waals surface area contributed by atoms with Gasteiger partial charge in [-0.05, 0) is 44.4 Å². The molecule has 3 unspecified atom stereocenters. The number of aromatic nitrogens is 1. The third-order valence-corrected chi connectivity index (χ3v) is 3.31. The van der Waals surface area contributed by atoms with Crippen molar-refractivity contribution in [2.75, 3.05) is 0 Å². The number of pyridine rings is 1. The van der Waals surface area contributed by atoms with E-state index < -0.39 is 0 Å². The first-order valence-corrected chi connectivity index (χ1v) is 6.96. The van der Waals surface area contributed by atoms with Gasteiger partial charge in [0.2, 0.25) is 5.91 Å². The van der Waals surface area contributed by atoms with Gasteiger partial charge in [0.25, 0.3) is 0 Å². The first-order chi connectivity index (χ1) is 9.00. The van der Waals surface area contributed by atoms with Gasteiger partial charge in [-0.15, -0.1) is 0 Å².